The molecule has 0 aromatic heterocycles. The van der Waals surface area contributed by atoms with Gasteiger partial charge in [0.2, 0.25) is 0 Å². The Labute approximate surface area is 101 Å². The number of benzene rings is 1. The summed E-state index contributed by atoms with van der Waals surface area (Å²) in [5.74, 6) is -0.153. The first-order valence-corrected chi connectivity index (χ1v) is 5.96. The summed E-state index contributed by atoms with van der Waals surface area (Å²) in [5.41, 5.74) is 2.81. The highest BCUT2D eigenvalue weighted by molar-refractivity contribution is 5.31. The summed E-state index contributed by atoms with van der Waals surface area (Å²) in [6, 6.07) is 5.44. The van der Waals surface area contributed by atoms with Crippen LogP contribution in [0.25, 0.3) is 0 Å². The molecular formula is C14H18FNO. The standard InChI is InChI=1S/C14H18FNO/c1-10-5-6-11(8-13(10)15)14(16-2)12-4-3-7-17-9-12/h5-6,8-9,14,16H,3-4,7H2,1-2H3. The molecule has 1 aliphatic heterocycles. The molecule has 0 spiro atoms. The number of rotatable bonds is 3. The van der Waals surface area contributed by atoms with Crippen LogP contribution in [-0.4, -0.2) is 13.7 Å². The molecule has 1 unspecified atom stereocenters. The van der Waals surface area contributed by atoms with E-state index >= 15 is 0 Å². The van der Waals surface area contributed by atoms with Gasteiger partial charge in [-0.15, -0.1) is 0 Å². The Balaban J connectivity index is 2.28. The van der Waals surface area contributed by atoms with Gasteiger partial charge in [-0.2, -0.15) is 0 Å². The average Bonchev–Trinajstić information content (AvgIpc) is 2.36. The summed E-state index contributed by atoms with van der Waals surface area (Å²) >= 11 is 0. The molecule has 0 radical (unpaired) electrons. The Hall–Kier alpha value is -1.35. The second-order valence-corrected chi connectivity index (χ2v) is 4.40. The second-order valence-electron chi connectivity index (χ2n) is 4.40. The van der Waals surface area contributed by atoms with Crippen molar-refractivity contribution in [3.63, 3.8) is 0 Å². The Morgan fingerprint density at radius 2 is 2.24 bits per heavy atom. The van der Waals surface area contributed by atoms with Gasteiger partial charge in [0.15, 0.2) is 0 Å². The van der Waals surface area contributed by atoms with Gasteiger partial charge in [-0.25, -0.2) is 4.39 Å². The van der Waals surface area contributed by atoms with E-state index < -0.39 is 0 Å². The third kappa shape index (κ3) is 2.67. The van der Waals surface area contributed by atoms with Crippen molar-refractivity contribution in [3.05, 3.63) is 47.0 Å². The number of aryl methyl sites for hydroxylation is 1. The molecule has 1 N–H and O–H groups in total. The van der Waals surface area contributed by atoms with Crippen LogP contribution in [0.5, 0.6) is 0 Å². The molecule has 1 aliphatic rings. The Kier molecular flexibility index (Phi) is 3.79. The predicted molar refractivity (Wildman–Crippen MR) is 66.2 cm³/mol. The minimum Gasteiger partial charge on any atom is -0.501 e. The van der Waals surface area contributed by atoms with Crippen molar-refractivity contribution in [2.45, 2.75) is 25.8 Å². The highest BCUT2D eigenvalue weighted by atomic mass is 19.1. The van der Waals surface area contributed by atoms with E-state index in [0.29, 0.717) is 5.56 Å². The van der Waals surface area contributed by atoms with Crippen LogP contribution in [0.3, 0.4) is 0 Å². The van der Waals surface area contributed by atoms with Crippen LogP contribution >= 0.6 is 0 Å². The molecule has 1 heterocycles. The van der Waals surface area contributed by atoms with Crippen molar-refractivity contribution < 1.29 is 9.13 Å². The lowest BCUT2D eigenvalue weighted by Crippen LogP contribution is -2.21. The highest BCUT2D eigenvalue weighted by Crippen LogP contribution is 2.28. The van der Waals surface area contributed by atoms with Crippen LogP contribution in [-0.2, 0) is 4.74 Å². The van der Waals surface area contributed by atoms with Crippen molar-refractivity contribution in [2.24, 2.45) is 0 Å². The fourth-order valence-corrected chi connectivity index (χ4v) is 2.15. The monoisotopic (exact) mass is 235 g/mol. The van der Waals surface area contributed by atoms with Gasteiger partial charge in [0.05, 0.1) is 18.9 Å². The van der Waals surface area contributed by atoms with Crippen molar-refractivity contribution in [1.29, 1.82) is 0 Å². The fourth-order valence-electron chi connectivity index (χ4n) is 2.15. The summed E-state index contributed by atoms with van der Waals surface area (Å²) < 4.78 is 18.9. The van der Waals surface area contributed by atoms with E-state index in [0.717, 1.165) is 25.0 Å². The van der Waals surface area contributed by atoms with Gasteiger partial charge in [0.1, 0.15) is 5.82 Å². The Bertz CT molecular complexity index is 428. The molecule has 2 rings (SSSR count). The maximum absolute atomic E-state index is 13.6. The second kappa shape index (κ2) is 5.32. The number of hydrogen-bond acceptors (Lipinski definition) is 2. The van der Waals surface area contributed by atoms with Crippen LogP contribution in [0.1, 0.15) is 30.0 Å². The lowest BCUT2D eigenvalue weighted by atomic mass is 9.94. The zero-order chi connectivity index (χ0) is 12.3. The highest BCUT2D eigenvalue weighted by Gasteiger charge is 2.18. The molecule has 1 aromatic rings. The molecule has 2 nitrogen and oxygen atoms in total. The van der Waals surface area contributed by atoms with E-state index in [2.05, 4.69) is 5.32 Å². The molecule has 92 valence electrons. The van der Waals surface area contributed by atoms with Gasteiger partial charge in [0.25, 0.3) is 0 Å². The van der Waals surface area contributed by atoms with E-state index in [4.69, 9.17) is 4.74 Å². The minimum atomic E-state index is -0.153. The lowest BCUT2D eigenvalue weighted by Gasteiger charge is -2.23. The molecule has 0 bridgehead atoms. The van der Waals surface area contributed by atoms with Crippen LogP contribution in [0.2, 0.25) is 0 Å². The molecule has 0 aliphatic carbocycles. The number of likely N-dealkylation sites (N-methyl/N-ethyl adjacent to an activating group) is 1. The minimum absolute atomic E-state index is 0.0467. The van der Waals surface area contributed by atoms with E-state index in [9.17, 15) is 4.39 Å². The van der Waals surface area contributed by atoms with Gasteiger partial charge in [-0.3, -0.25) is 0 Å². The van der Waals surface area contributed by atoms with Crippen LogP contribution in [0.15, 0.2) is 30.0 Å². The van der Waals surface area contributed by atoms with Crippen molar-refractivity contribution in [3.8, 4) is 0 Å². The smallest absolute Gasteiger partial charge is 0.126 e. The van der Waals surface area contributed by atoms with E-state index in [1.54, 1.807) is 13.0 Å². The van der Waals surface area contributed by atoms with Gasteiger partial charge in [0, 0.05) is 0 Å². The topological polar surface area (TPSA) is 21.3 Å². The summed E-state index contributed by atoms with van der Waals surface area (Å²) in [7, 11) is 1.89. The third-order valence-corrected chi connectivity index (χ3v) is 3.15. The van der Waals surface area contributed by atoms with Crippen molar-refractivity contribution >= 4 is 0 Å². The maximum atomic E-state index is 13.6. The Morgan fingerprint density at radius 3 is 2.82 bits per heavy atom. The lowest BCUT2D eigenvalue weighted by molar-refractivity contribution is 0.220. The number of hydrogen-bond donors (Lipinski definition) is 1. The molecule has 0 saturated heterocycles. The van der Waals surface area contributed by atoms with Gasteiger partial charge >= 0.3 is 0 Å². The van der Waals surface area contributed by atoms with Gasteiger partial charge in [-0.05, 0) is 49.6 Å². The molecule has 0 fully saturated rings. The molecule has 1 atom stereocenters. The average molecular weight is 235 g/mol. The third-order valence-electron chi connectivity index (χ3n) is 3.15. The summed E-state index contributed by atoms with van der Waals surface area (Å²) in [5, 5.41) is 3.22. The van der Waals surface area contributed by atoms with E-state index in [1.165, 1.54) is 5.57 Å². The molecule has 0 saturated carbocycles. The molecule has 17 heavy (non-hydrogen) atoms. The molecule has 1 aromatic carbocycles. The van der Waals surface area contributed by atoms with Gasteiger partial charge < -0.3 is 10.1 Å². The first-order valence-electron chi connectivity index (χ1n) is 5.96. The first kappa shape index (κ1) is 12.1. The van der Waals surface area contributed by atoms with Crippen LogP contribution in [0, 0.1) is 12.7 Å². The quantitative estimate of drug-likeness (QED) is 0.869. The SMILES string of the molecule is CNC(C1=COCCC1)c1ccc(C)c(F)c1. The zero-order valence-corrected chi connectivity index (χ0v) is 10.3. The summed E-state index contributed by atoms with van der Waals surface area (Å²) in [4.78, 5) is 0. The number of nitrogens with one attached hydrogen (secondary N) is 1. The summed E-state index contributed by atoms with van der Waals surface area (Å²) in [6.07, 6.45) is 3.84. The first-order chi connectivity index (χ1) is 8.22. The molecule has 3 heteroatoms. The Morgan fingerprint density at radius 1 is 1.41 bits per heavy atom. The van der Waals surface area contributed by atoms with Crippen LogP contribution < -0.4 is 5.32 Å². The van der Waals surface area contributed by atoms with E-state index in [1.807, 2.05) is 25.4 Å². The normalized spacial score (nSPS) is 17.2. The largest absolute Gasteiger partial charge is 0.501 e. The van der Waals surface area contributed by atoms with Crippen molar-refractivity contribution in [2.75, 3.05) is 13.7 Å². The summed E-state index contributed by atoms with van der Waals surface area (Å²) in [6.45, 7) is 2.55. The predicted octanol–water partition coefficient (Wildman–Crippen LogP) is 3.09. The van der Waals surface area contributed by atoms with Crippen molar-refractivity contribution in [1.82, 2.24) is 5.32 Å². The van der Waals surface area contributed by atoms with Gasteiger partial charge in [-0.1, -0.05) is 12.1 Å². The van der Waals surface area contributed by atoms with Crippen LogP contribution in [0.4, 0.5) is 4.39 Å². The fraction of sp³-hybridized carbons (Fsp3) is 0.429. The zero-order valence-electron chi connectivity index (χ0n) is 10.3. The number of ether oxygens (including phenoxy) is 1. The van der Waals surface area contributed by atoms with E-state index in [-0.39, 0.29) is 11.9 Å². The maximum Gasteiger partial charge on any atom is 0.126 e. The molecule has 0 amide bonds. The number of halogens is 1. The molecular weight excluding hydrogens is 217 g/mol.